The number of piperazine rings is 1. The number of amides is 3. The molecule has 40 heavy (non-hydrogen) atoms. The molecule has 1 aliphatic heterocycles. The normalized spacial score (nSPS) is 13.9. The van der Waals surface area contributed by atoms with Crippen LogP contribution in [0, 0.1) is 0 Å². The van der Waals surface area contributed by atoms with E-state index in [0.717, 1.165) is 10.9 Å². The van der Waals surface area contributed by atoms with Crippen LogP contribution in [0.2, 0.25) is 0 Å². The maximum Gasteiger partial charge on any atom is 0.409 e. The lowest BCUT2D eigenvalue weighted by Crippen LogP contribution is -2.56. The minimum absolute atomic E-state index is 0.0435. The predicted octanol–water partition coefficient (Wildman–Crippen LogP) is 3.08. The third kappa shape index (κ3) is 7.25. The minimum Gasteiger partial charge on any atom is -0.488 e. The zero-order chi connectivity index (χ0) is 28.5. The lowest BCUT2D eigenvalue weighted by Gasteiger charge is -2.35. The van der Waals surface area contributed by atoms with Crippen LogP contribution in [-0.4, -0.2) is 82.6 Å². The number of carbonyl (C=O) groups excluding carboxylic acids is 3. The van der Waals surface area contributed by atoms with Crippen molar-refractivity contribution in [1.82, 2.24) is 20.1 Å². The summed E-state index contributed by atoms with van der Waals surface area (Å²) in [7, 11) is 0. The number of benzene rings is 2. The van der Waals surface area contributed by atoms with Crippen LogP contribution in [0.15, 0.2) is 60.7 Å². The Morgan fingerprint density at radius 1 is 0.975 bits per heavy atom. The Bertz CT molecular complexity index is 1360. The van der Waals surface area contributed by atoms with Crippen LogP contribution in [0.1, 0.15) is 35.8 Å². The number of carboxylic acids is 1. The Kier molecular flexibility index (Phi) is 9.50. The quantitative estimate of drug-likeness (QED) is 0.394. The van der Waals surface area contributed by atoms with E-state index in [9.17, 15) is 24.3 Å². The van der Waals surface area contributed by atoms with Crippen molar-refractivity contribution in [2.45, 2.75) is 32.4 Å². The van der Waals surface area contributed by atoms with Crippen LogP contribution in [-0.2, 0) is 20.9 Å². The van der Waals surface area contributed by atoms with Crippen molar-refractivity contribution < 1.29 is 33.8 Å². The van der Waals surface area contributed by atoms with E-state index in [2.05, 4.69) is 10.3 Å². The van der Waals surface area contributed by atoms with E-state index in [1.165, 1.54) is 15.9 Å². The highest BCUT2D eigenvalue weighted by Gasteiger charge is 2.31. The van der Waals surface area contributed by atoms with E-state index in [-0.39, 0.29) is 57.9 Å². The third-order valence-corrected chi connectivity index (χ3v) is 6.52. The second-order valence-corrected chi connectivity index (χ2v) is 9.27. The van der Waals surface area contributed by atoms with E-state index in [0.29, 0.717) is 11.3 Å². The van der Waals surface area contributed by atoms with Crippen LogP contribution in [0.4, 0.5) is 4.79 Å². The fourth-order valence-electron chi connectivity index (χ4n) is 4.42. The van der Waals surface area contributed by atoms with Gasteiger partial charge in [0.25, 0.3) is 5.91 Å². The third-order valence-electron chi connectivity index (χ3n) is 6.52. The van der Waals surface area contributed by atoms with Crippen molar-refractivity contribution in [2.75, 3.05) is 32.8 Å². The maximum atomic E-state index is 13.4. The van der Waals surface area contributed by atoms with Gasteiger partial charge in [-0.15, -0.1) is 0 Å². The van der Waals surface area contributed by atoms with E-state index in [4.69, 9.17) is 9.47 Å². The number of carbonyl (C=O) groups is 4. The van der Waals surface area contributed by atoms with Crippen molar-refractivity contribution in [3.63, 3.8) is 0 Å². The number of pyridine rings is 1. The Labute approximate surface area is 231 Å². The molecule has 0 saturated carbocycles. The fraction of sp³-hybridized carbons (Fsp3) is 0.345. The molecule has 1 saturated heterocycles. The predicted molar refractivity (Wildman–Crippen MR) is 146 cm³/mol. The number of aromatic nitrogens is 1. The molecule has 0 spiro atoms. The molecule has 11 heteroatoms. The van der Waals surface area contributed by atoms with Gasteiger partial charge >= 0.3 is 12.1 Å². The largest absolute Gasteiger partial charge is 0.488 e. The number of rotatable bonds is 10. The first-order valence-corrected chi connectivity index (χ1v) is 13.2. The lowest BCUT2D eigenvalue weighted by molar-refractivity contribution is -0.138. The summed E-state index contributed by atoms with van der Waals surface area (Å²) in [6.07, 6.45) is -0.850. The Morgan fingerprint density at radius 3 is 2.35 bits per heavy atom. The topological polar surface area (TPSA) is 138 Å². The summed E-state index contributed by atoms with van der Waals surface area (Å²) in [4.78, 5) is 57.5. The Balaban J connectivity index is 1.50. The molecule has 1 atom stereocenters. The smallest absolute Gasteiger partial charge is 0.409 e. The van der Waals surface area contributed by atoms with Gasteiger partial charge in [-0.2, -0.15) is 0 Å². The van der Waals surface area contributed by atoms with Crippen molar-refractivity contribution in [3.8, 4) is 5.75 Å². The molecule has 0 unspecified atom stereocenters. The average molecular weight is 549 g/mol. The first kappa shape index (κ1) is 28.3. The van der Waals surface area contributed by atoms with E-state index >= 15 is 0 Å². The number of nitrogens with one attached hydrogen (secondary N) is 1. The molecule has 2 N–H and O–H groups in total. The Morgan fingerprint density at radius 2 is 1.65 bits per heavy atom. The molecule has 1 fully saturated rings. The first-order chi connectivity index (χ1) is 19.4. The van der Waals surface area contributed by atoms with Crippen molar-refractivity contribution in [3.05, 3.63) is 71.9 Å². The molecule has 1 aromatic heterocycles. The van der Waals surface area contributed by atoms with Crippen LogP contribution < -0.4 is 10.1 Å². The van der Waals surface area contributed by atoms with Crippen molar-refractivity contribution >= 4 is 34.8 Å². The molecule has 3 aromatic rings. The standard InChI is InChI=1S/C29H32N4O7/c1-2-39-29(38)33-16-14-32(15-17-33)28(37)23(12-13-26(34)35)31-27(36)24-18-25(21-10-6-7-11-22(21)30-24)40-19-20-8-4-3-5-9-20/h3-11,18,23H,2,12-17,19H2,1H3,(H,31,36)(H,34,35)/t23-/m0/s1. The highest BCUT2D eigenvalue weighted by atomic mass is 16.6. The monoisotopic (exact) mass is 548 g/mol. The molecule has 1 aliphatic rings. The van der Waals surface area contributed by atoms with Crippen LogP contribution in [0.25, 0.3) is 10.9 Å². The second kappa shape index (κ2) is 13.4. The highest BCUT2D eigenvalue weighted by molar-refractivity contribution is 5.99. The lowest BCUT2D eigenvalue weighted by atomic mass is 10.1. The summed E-state index contributed by atoms with van der Waals surface area (Å²) < 4.78 is 11.1. The number of hydrogen-bond donors (Lipinski definition) is 2. The molecular weight excluding hydrogens is 516 g/mol. The van der Waals surface area contributed by atoms with E-state index in [1.54, 1.807) is 19.1 Å². The Hall–Kier alpha value is -4.67. The van der Waals surface area contributed by atoms with Gasteiger partial charge in [0.1, 0.15) is 24.1 Å². The van der Waals surface area contributed by atoms with Gasteiger partial charge in [-0.05, 0) is 31.0 Å². The SMILES string of the molecule is CCOC(=O)N1CCN(C(=O)[C@H](CCC(=O)O)NC(=O)c2cc(OCc3ccccc3)c3ccccc3n2)CC1. The molecule has 11 nitrogen and oxygen atoms in total. The molecule has 3 amide bonds. The van der Waals surface area contributed by atoms with Gasteiger partial charge in [-0.1, -0.05) is 42.5 Å². The molecule has 2 heterocycles. The van der Waals surface area contributed by atoms with E-state index < -0.39 is 29.9 Å². The van der Waals surface area contributed by atoms with Crippen LogP contribution in [0.5, 0.6) is 5.75 Å². The van der Waals surface area contributed by atoms with Gasteiger partial charge in [-0.3, -0.25) is 14.4 Å². The fourth-order valence-corrected chi connectivity index (χ4v) is 4.42. The molecule has 210 valence electrons. The highest BCUT2D eigenvalue weighted by Crippen LogP contribution is 2.26. The molecule has 2 aromatic carbocycles. The van der Waals surface area contributed by atoms with Gasteiger partial charge in [0.05, 0.1) is 12.1 Å². The van der Waals surface area contributed by atoms with Gasteiger partial charge in [0, 0.05) is 44.1 Å². The number of para-hydroxylation sites is 1. The number of carboxylic acid groups (broad SMARTS) is 1. The molecule has 4 rings (SSSR count). The number of ether oxygens (including phenoxy) is 2. The first-order valence-electron chi connectivity index (χ1n) is 13.2. The molecular formula is C29H32N4O7. The molecule has 0 bridgehead atoms. The molecule has 0 radical (unpaired) electrons. The van der Waals surface area contributed by atoms with Gasteiger partial charge in [-0.25, -0.2) is 9.78 Å². The summed E-state index contributed by atoms with van der Waals surface area (Å²) in [5, 5.41) is 12.7. The van der Waals surface area contributed by atoms with E-state index in [1.807, 2.05) is 42.5 Å². The zero-order valence-electron chi connectivity index (χ0n) is 22.2. The number of hydrogen-bond acceptors (Lipinski definition) is 7. The summed E-state index contributed by atoms with van der Waals surface area (Å²) in [5.41, 5.74) is 1.54. The van der Waals surface area contributed by atoms with Gasteiger partial charge in [0.2, 0.25) is 5.91 Å². The zero-order valence-corrected chi connectivity index (χ0v) is 22.2. The number of fused-ring (bicyclic) bond motifs is 1. The van der Waals surface area contributed by atoms with Crippen LogP contribution in [0.3, 0.4) is 0 Å². The average Bonchev–Trinajstić information content (AvgIpc) is 2.98. The number of nitrogens with zero attached hydrogens (tertiary/aromatic N) is 3. The van der Waals surface area contributed by atoms with Gasteiger partial charge in [0.15, 0.2) is 0 Å². The molecule has 0 aliphatic carbocycles. The second-order valence-electron chi connectivity index (χ2n) is 9.27. The number of aliphatic carboxylic acids is 1. The van der Waals surface area contributed by atoms with Crippen molar-refractivity contribution in [1.29, 1.82) is 0 Å². The summed E-state index contributed by atoms with van der Waals surface area (Å²) in [6.45, 7) is 3.29. The summed E-state index contributed by atoms with van der Waals surface area (Å²) in [5.74, 6) is -1.66. The summed E-state index contributed by atoms with van der Waals surface area (Å²) >= 11 is 0. The van der Waals surface area contributed by atoms with Gasteiger partial charge < -0.3 is 29.7 Å². The van der Waals surface area contributed by atoms with Crippen LogP contribution >= 0.6 is 0 Å². The maximum absolute atomic E-state index is 13.4. The van der Waals surface area contributed by atoms with Crippen molar-refractivity contribution in [2.24, 2.45) is 0 Å². The minimum atomic E-state index is -1.08. The summed E-state index contributed by atoms with van der Waals surface area (Å²) in [6, 6.07) is 17.3.